The first kappa shape index (κ1) is 13.2. The van der Waals surface area contributed by atoms with E-state index in [4.69, 9.17) is 9.47 Å². The third-order valence-corrected chi connectivity index (χ3v) is 3.57. The molecule has 0 aromatic carbocycles. The Morgan fingerprint density at radius 1 is 1.33 bits per heavy atom. The number of hydrogen-bond donors (Lipinski definition) is 1. The zero-order valence-corrected chi connectivity index (χ0v) is 11.0. The molecule has 1 aliphatic carbocycles. The fourth-order valence-electron chi connectivity index (χ4n) is 2.61. The first-order valence-electron chi connectivity index (χ1n) is 6.35. The molecule has 1 saturated carbocycles. The van der Waals surface area contributed by atoms with E-state index in [9.17, 15) is 4.79 Å². The molecule has 0 amide bonds. The Morgan fingerprint density at radius 2 is 2.06 bits per heavy atom. The van der Waals surface area contributed by atoms with Gasteiger partial charge in [-0.15, -0.1) is 0 Å². The maximum Gasteiger partial charge on any atom is 0.251 e. The van der Waals surface area contributed by atoms with Gasteiger partial charge in [0.1, 0.15) is 11.4 Å². The fourth-order valence-corrected chi connectivity index (χ4v) is 2.61. The Hall–Kier alpha value is -1.20. The summed E-state index contributed by atoms with van der Waals surface area (Å²) in [6.07, 6.45) is 5.23. The molecule has 1 aromatic rings. The monoisotopic (exact) mass is 252 g/mol. The first-order valence-corrected chi connectivity index (χ1v) is 6.35. The van der Waals surface area contributed by atoms with Gasteiger partial charge in [-0.25, -0.2) is 4.98 Å². The number of rotatable bonds is 4. The van der Waals surface area contributed by atoms with Crippen LogP contribution in [0.3, 0.4) is 0 Å². The van der Waals surface area contributed by atoms with Crippen molar-refractivity contribution in [3.05, 3.63) is 27.9 Å². The van der Waals surface area contributed by atoms with Gasteiger partial charge in [-0.1, -0.05) is 19.3 Å². The molecule has 1 aromatic heterocycles. The summed E-state index contributed by atoms with van der Waals surface area (Å²) in [6.45, 7) is 0.344. The van der Waals surface area contributed by atoms with Gasteiger partial charge in [-0.3, -0.25) is 4.79 Å². The summed E-state index contributed by atoms with van der Waals surface area (Å²) in [5, 5.41) is 0. The van der Waals surface area contributed by atoms with Crippen LogP contribution in [0.15, 0.2) is 10.9 Å². The molecule has 0 bridgehead atoms. The normalized spacial score (nSPS) is 18.8. The van der Waals surface area contributed by atoms with Crippen molar-refractivity contribution in [2.24, 2.45) is 0 Å². The van der Waals surface area contributed by atoms with Crippen LogP contribution in [0.4, 0.5) is 0 Å². The SMILES string of the molecule is COCc1cc(=O)[nH]c(C2(OC)CCCCC2)n1. The Balaban J connectivity index is 2.38. The van der Waals surface area contributed by atoms with E-state index in [0.29, 0.717) is 18.1 Å². The number of H-pyrrole nitrogens is 1. The molecule has 100 valence electrons. The van der Waals surface area contributed by atoms with E-state index in [0.717, 1.165) is 25.7 Å². The van der Waals surface area contributed by atoms with Crippen LogP contribution in [0.5, 0.6) is 0 Å². The first-order chi connectivity index (χ1) is 8.70. The largest absolute Gasteiger partial charge is 0.378 e. The highest BCUT2D eigenvalue weighted by Gasteiger charge is 2.36. The van der Waals surface area contributed by atoms with Crippen molar-refractivity contribution in [2.75, 3.05) is 14.2 Å². The van der Waals surface area contributed by atoms with Gasteiger partial charge in [0.15, 0.2) is 0 Å². The molecular weight excluding hydrogens is 232 g/mol. The van der Waals surface area contributed by atoms with Crippen molar-refractivity contribution in [3.63, 3.8) is 0 Å². The average Bonchev–Trinajstić information content (AvgIpc) is 2.39. The van der Waals surface area contributed by atoms with E-state index in [1.54, 1.807) is 14.2 Å². The zero-order chi connectivity index (χ0) is 13.0. The molecule has 1 fully saturated rings. The lowest BCUT2D eigenvalue weighted by Crippen LogP contribution is -2.35. The van der Waals surface area contributed by atoms with E-state index in [2.05, 4.69) is 9.97 Å². The molecule has 0 saturated heterocycles. The smallest absolute Gasteiger partial charge is 0.251 e. The molecule has 1 N–H and O–H groups in total. The van der Waals surface area contributed by atoms with Gasteiger partial charge in [0.05, 0.1) is 12.3 Å². The summed E-state index contributed by atoms with van der Waals surface area (Å²) in [7, 11) is 3.28. The highest BCUT2D eigenvalue weighted by molar-refractivity contribution is 5.09. The second-order valence-corrected chi connectivity index (χ2v) is 4.78. The predicted molar refractivity (Wildman–Crippen MR) is 67.3 cm³/mol. The van der Waals surface area contributed by atoms with E-state index in [-0.39, 0.29) is 5.56 Å². The van der Waals surface area contributed by atoms with Crippen LogP contribution in [-0.4, -0.2) is 24.2 Å². The maximum atomic E-state index is 11.7. The average molecular weight is 252 g/mol. The van der Waals surface area contributed by atoms with Gasteiger partial charge in [-0.2, -0.15) is 0 Å². The molecule has 5 nitrogen and oxygen atoms in total. The third kappa shape index (κ3) is 2.62. The minimum absolute atomic E-state index is 0.144. The number of nitrogens with zero attached hydrogens (tertiary/aromatic N) is 1. The van der Waals surface area contributed by atoms with Gasteiger partial charge in [0, 0.05) is 20.3 Å². The molecule has 5 heteroatoms. The van der Waals surface area contributed by atoms with Crippen molar-refractivity contribution < 1.29 is 9.47 Å². The van der Waals surface area contributed by atoms with E-state index in [1.807, 2.05) is 0 Å². The lowest BCUT2D eigenvalue weighted by atomic mass is 9.84. The number of ether oxygens (including phenoxy) is 2. The molecule has 18 heavy (non-hydrogen) atoms. The van der Waals surface area contributed by atoms with Crippen LogP contribution in [0.25, 0.3) is 0 Å². The summed E-state index contributed by atoms with van der Waals surface area (Å²) in [5.41, 5.74) is 0.0774. The number of aromatic amines is 1. The number of aromatic nitrogens is 2. The van der Waals surface area contributed by atoms with Crippen molar-refractivity contribution in [1.82, 2.24) is 9.97 Å². The predicted octanol–water partition coefficient (Wildman–Crippen LogP) is 1.72. The molecule has 1 heterocycles. The van der Waals surface area contributed by atoms with Gasteiger partial charge in [-0.05, 0) is 12.8 Å². The van der Waals surface area contributed by atoms with E-state index >= 15 is 0 Å². The van der Waals surface area contributed by atoms with Crippen molar-refractivity contribution in [2.45, 2.75) is 44.3 Å². The van der Waals surface area contributed by atoms with E-state index < -0.39 is 5.60 Å². The molecule has 1 aliphatic rings. The van der Waals surface area contributed by atoms with Crippen molar-refractivity contribution in [1.29, 1.82) is 0 Å². The van der Waals surface area contributed by atoms with Gasteiger partial charge >= 0.3 is 0 Å². The van der Waals surface area contributed by atoms with Gasteiger partial charge < -0.3 is 14.5 Å². The fraction of sp³-hybridized carbons (Fsp3) is 0.692. The minimum atomic E-state index is -0.429. The summed E-state index contributed by atoms with van der Waals surface area (Å²) < 4.78 is 10.7. The summed E-state index contributed by atoms with van der Waals surface area (Å²) in [6, 6.07) is 1.47. The molecule has 0 atom stereocenters. The molecule has 0 spiro atoms. The Morgan fingerprint density at radius 3 is 2.67 bits per heavy atom. The second kappa shape index (κ2) is 5.63. The summed E-state index contributed by atoms with van der Waals surface area (Å²) >= 11 is 0. The van der Waals surface area contributed by atoms with Crippen LogP contribution in [0, 0.1) is 0 Å². The van der Waals surface area contributed by atoms with Crippen LogP contribution in [0.1, 0.15) is 43.6 Å². The third-order valence-electron chi connectivity index (χ3n) is 3.57. The van der Waals surface area contributed by atoms with E-state index in [1.165, 1.54) is 12.5 Å². The highest BCUT2D eigenvalue weighted by Crippen LogP contribution is 2.37. The van der Waals surface area contributed by atoms with Crippen LogP contribution >= 0.6 is 0 Å². The molecule has 0 aliphatic heterocycles. The highest BCUT2D eigenvalue weighted by atomic mass is 16.5. The minimum Gasteiger partial charge on any atom is -0.378 e. The van der Waals surface area contributed by atoms with Crippen molar-refractivity contribution >= 4 is 0 Å². The molecule has 0 radical (unpaired) electrons. The van der Waals surface area contributed by atoms with Gasteiger partial charge in [0.25, 0.3) is 5.56 Å². The van der Waals surface area contributed by atoms with Crippen LogP contribution < -0.4 is 5.56 Å². The zero-order valence-electron chi connectivity index (χ0n) is 11.0. The summed E-state index contributed by atoms with van der Waals surface area (Å²) in [5.74, 6) is 0.643. The Kier molecular flexibility index (Phi) is 4.14. The topological polar surface area (TPSA) is 64.2 Å². The van der Waals surface area contributed by atoms with Gasteiger partial charge in [0.2, 0.25) is 0 Å². The molecular formula is C13H20N2O3. The van der Waals surface area contributed by atoms with Crippen molar-refractivity contribution in [3.8, 4) is 0 Å². The lowest BCUT2D eigenvalue weighted by molar-refractivity contribution is -0.0519. The molecule has 0 unspecified atom stereocenters. The Bertz CT molecular complexity index is 450. The second-order valence-electron chi connectivity index (χ2n) is 4.78. The standard InChI is InChI=1S/C13H20N2O3/c1-17-9-10-8-11(16)15-12(14-10)13(18-2)6-4-3-5-7-13/h8H,3-7,9H2,1-2H3,(H,14,15,16). The maximum absolute atomic E-state index is 11.7. The van der Waals surface area contributed by atoms with Crippen LogP contribution in [0.2, 0.25) is 0 Å². The Labute approximate surface area is 107 Å². The lowest BCUT2D eigenvalue weighted by Gasteiger charge is -2.34. The summed E-state index contributed by atoms with van der Waals surface area (Å²) in [4.78, 5) is 19.0. The number of hydrogen-bond acceptors (Lipinski definition) is 4. The quantitative estimate of drug-likeness (QED) is 0.886. The molecule has 2 rings (SSSR count). The number of methoxy groups -OCH3 is 2. The van der Waals surface area contributed by atoms with Crippen LogP contribution in [-0.2, 0) is 21.7 Å². The number of nitrogens with one attached hydrogen (secondary N) is 1.